The van der Waals surface area contributed by atoms with Crippen molar-refractivity contribution in [2.24, 2.45) is 11.8 Å². The molecule has 2 fully saturated rings. The maximum Gasteiger partial charge on any atom is 0.246 e. The highest BCUT2D eigenvalue weighted by molar-refractivity contribution is 6.32. The van der Waals surface area contributed by atoms with Crippen LogP contribution in [0.25, 0.3) is 0 Å². The Labute approximate surface area is 232 Å². The molecule has 2 aliphatic rings. The Balaban J connectivity index is 1.27. The average Bonchev–Trinajstić information content (AvgIpc) is 3.35. The summed E-state index contributed by atoms with van der Waals surface area (Å²) in [4.78, 5) is 25.9. The van der Waals surface area contributed by atoms with Crippen molar-refractivity contribution in [1.82, 2.24) is 30.0 Å². The van der Waals surface area contributed by atoms with Gasteiger partial charge < -0.3 is 15.1 Å². The van der Waals surface area contributed by atoms with E-state index in [1.165, 1.54) is 6.20 Å². The van der Waals surface area contributed by atoms with Crippen molar-refractivity contribution in [3.8, 4) is 0 Å². The largest absolute Gasteiger partial charge is 0.342 e. The molecule has 0 radical (unpaired) electrons. The number of hydrogen-bond acceptors (Lipinski definition) is 8. The number of anilines is 4. The number of H-pyrrole nitrogens is 1. The lowest BCUT2D eigenvalue weighted by Gasteiger charge is -2.37. The molecule has 4 N–H and O–H groups in total. The number of hydrogen-bond donors (Lipinski definition) is 3. The number of aryl methyl sites for hydroxylation is 2. The number of carbonyl (C=O) groups excluding carboxylic acids is 1. The van der Waals surface area contributed by atoms with Crippen LogP contribution in [0, 0.1) is 25.6 Å². The first kappa shape index (κ1) is 27.3. The van der Waals surface area contributed by atoms with Gasteiger partial charge in [0.1, 0.15) is 10.8 Å². The van der Waals surface area contributed by atoms with Crippen LogP contribution in [-0.2, 0) is 4.79 Å². The zero-order chi connectivity index (χ0) is 27.7. The van der Waals surface area contributed by atoms with E-state index in [0.29, 0.717) is 24.7 Å². The third kappa shape index (κ3) is 6.00. The molecule has 2 aliphatic heterocycles. The smallest absolute Gasteiger partial charge is 0.246 e. The number of nitrogens with zero attached hydrogens (tertiary/aromatic N) is 6. The van der Waals surface area contributed by atoms with E-state index in [1.54, 1.807) is 18.2 Å². The molecule has 12 heteroatoms. The number of piperidine rings is 2. The van der Waals surface area contributed by atoms with Gasteiger partial charge in [0.05, 0.1) is 11.9 Å². The molecule has 0 unspecified atom stereocenters. The van der Waals surface area contributed by atoms with Crippen LogP contribution in [0.15, 0.2) is 24.4 Å². The van der Waals surface area contributed by atoms with Crippen LogP contribution in [0.1, 0.15) is 48.4 Å². The second kappa shape index (κ2) is 11.4. The third-order valence-electron chi connectivity index (χ3n) is 7.81. The molecule has 0 bridgehead atoms. The van der Waals surface area contributed by atoms with E-state index in [-0.39, 0.29) is 34.4 Å². The van der Waals surface area contributed by atoms with E-state index in [0.717, 1.165) is 60.6 Å². The zero-order valence-corrected chi connectivity index (χ0v) is 23.3. The van der Waals surface area contributed by atoms with Crippen LogP contribution in [0.3, 0.4) is 0 Å². The number of nitrogens with two attached hydrogens (primary N) is 1. The quantitative estimate of drug-likeness (QED) is 0.302. The van der Waals surface area contributed by atoms with E-state index in [2.05, 4.69) is 37.4 Å². The number of aromatic nitrogens is 4. The summed E-state index contributed by atoms with van der Waals surface area (Å²) in [5, 5.41) is 11.4. The number of halogens is 2. The van der Waals surface area contributed by atoms with Crippen LogP contribution >= 0.6 is 11.6 Å². The van der Waals surface area contributed by atoms with Crippen molar-refractivity contribution in [1.29, 1.82) is 0 Å². The van der Waals surface area contributed by atoms with E-state index in [4.69, 9.17) is 17.4 Å². The topological polar surface area (TPSA) is 119 Å². The second-order valence-electron chi connectivity index (χ2n) is 10.6. The number of hydrazine groups is 1. The summed E-state index contributed by atoms with van der Waals surface area (Å²) in [6.07, 6.45) is 4.88. The lowest BCUT2D eigenvalue weighted by molar-refractivity contribution is -0.138. The zero-order valence-electron chi connectivity index (χ0n) is 22.5. The fourth-order valence-corrected chi connectivity index (χ4v) is 5.64. The van der Waals surface area contributed by atoms with Gasteiger partial charge in [0.15, 0.2) is 11.6 Å². The van der Waals surface area contributed by atoms with E-state index >= 15 is 4.39 Å². The molecule has 4 heterocycles. The Hall–Kier alpha value is -3.28. The van der Waals surface area contributed by atoms with Gasteiger partial charge in [-0.05, 0) is 88.8 Å². The SMILES string of the molecule is Cc1cc(Nc2nc(N(N)c3cc(C)c(C4CCN(C(=O)C5CCN(C)CC5)CC4)cc3F)ncc2Cl)n[nH]1. The minimum atomic E-state index is -0.459. The average molecular weight is 556 g/mol. The normalized spacial score (nSPS) is 17.4. The highest BCUT2D eigenvalue weighted by Gasteiger charge is 2.31. The summed E-state index contributed by atoms with van der Waals surface area (Å²) in [5.41, 5.74) is 2.91. The molecule has 208 valence electrons. The molecule has 3 aromatic rings. The van der Waals surface area contributed by atoms with Crippen molar-refractivity contribution in [3.63, 3.8) is 0 Å². The summed E-state index contributed by atoms with van der Waals surface area (Å²) in [7, 11) is 2.10. The minimum Gasteiger partial charge on any atom is -0.342 e. The van der Waals surface area contributed by atoms with E-state index < -0.39 is 5.82 Å². The van der Waals surface area contributed by atoms with Crippen molar-refractivity contribution in [2.45, 2.75) is 45.4 Å². The number of carbonyl (C=O) groups is 1. The van der Waals surface area contributed by atoms with Gasteiger partial charge in [-0.25, -0.2) is 20.2 Å². The first-order valence-corrected chi connectivity index (χ1v) is 13.7. The molecule has 2 aromatic heterocycles. The summed E-state index contributed by atoms with van der Waals surface area (Å²) >= 11 is 6.26. The molecular weight excluding hydrogens is 521 g/mol. The molecule has 2 saturated heterocycles. The number of amides is 1. The molecular formula is C27H35ClFN9O. The predicted octanol–water partition coefficient (Wildman–Crippen LogP) is 4.41. The Morgan fingerprint density at radius 2 is 1.87 bits per heavy atom. The van der Waals surface area contributed by atoms with Crippen LogP contribution in [-0.4, -0.2) is 69.1 Å². The van der Waals surface area contributed by atoms with Gasteiger partial charge in [-0.15, -0.1) is 0 Å². The summed E-state index contributed by atoms with van der Waals surface area (Å²) in [6.45, 7) is 7.17. The van der Waals surface area contributed by atoms with E-state index in [1.807, 2.05) is 18.7 Å². The monoisotopic (exact) mass is 555 g/mol. The maximum atomic E-state index is 15.4. The highest BCUT2D eigenvalue weighted by atomic mass is 35.5. The summed E-state index contributed by atoms with van der Waals surface area (Å²) in [5.74, 6) is 7.34. The standard InChI is InChI=1S/C27H35ClFN9O/c1-16-12-23(38(30)27-31-15-21(28)25(33-27)32-24-13-17(2)34-35-24)22(29)14-20(16)18-6-10-37(11-7-18)26(39)19-4-8-36(3)9-5-19/h12-15,18-19H,4-11,30H2,1-3H3,(H2,31,32,33,34,35). The van der Waals surface area contributed by atoms with Crippen LogP contribution in [0.2, 0.25) is 5.02 Å². The molecule has 10 nitrogen and oxygen atoms in total. The lowest BCUT2D eigenvalue weighted by atomic mass is 9.85. The van der Waals surface area contributed by atoms with Gasteiger partial charge in [-0.3, -0.25) is 9.89 Å². The molecule has 5 rings (SSSR count). The fraction of sp³-hybridized carbons (Fsp3) is 0.481. The van der Waals surface area contributed by atoms with Crippen LogP contribution < -0.4 is 16.2 Å². The van der Waals surface area contributed by atoms with Crippen molar-refractivity contribution >= 4 is 40.8 Å². The fourth-order valence-electron chi connectivity index (χ4n) is 5.50. The highest BCUT2D eigenvalue weighted by Crippen LogP contribution is 2.35. The van der Waals surface area contributed by atoms with Gasteiger partial charge in [0.2, 0.25) is 11.9 Å². The van der Waals surface area contributed by atoms with Gasteiger partial charge in [0, 0.05) is 30.8 Å². The molecule has 0 atom stereocenters. The second-order valence-corrected chi connectivity index (χ2v) is 11.0. The predicted molar refractivity (Wildman–Crippen MR) is 150 cm³/mol. The first-order chi connectivity index (χ1) is 18.7. The minimum absolute atomic E-state index is 0.0842. The molecule has 1 aromatic carbocycles. The third-order valence-corrected chi connectivity index (χ3v) is 8.09. The Kier molecular flexibility index (Phi) is 8.01. The first-order valence-electron chi connectivity index (χ1n) is 13.3. The Bertz CT molecular complexity index is 1330. The number of likely N-dealkylation sites (tertiary alicyclic amines) is 2. The van der Waals surface area contributed by atoms with Gasteiger partial charge in [-0.1, -0.05) is 11.6 Å². The molecule has 39 heavy (non-hydrogen) atoms. The Morgan fingerprint density at radius 3 is 2.54 bits per heavy atom. The van der Waals surface area contributed by atoms with E-state index in [9.17, 15) is 4.79 Å². The Morgan fingerprint density at radius 1 is 1.15 bits per heavy atom. The molecule has 0 spiro atoms. The van der Waals surface area contributed by atoms with Gasteiger partial charge >= 0.3 is 0 Å². The molecule has 0 saturated carbocycles. The number of aromatic amines is 1. The van der Waals surface area contributed by atoms with Gasteiger partial charge in [-0.2, -0.15) is 10.1 Å². The number of benzene rings is 1. The van der Waals surface area contributed by atoms with Crippen molar-refractivity contribution < 1.29 is 9.18 Å². The van der Waals surface area contributed by atoms with Crippen LogP contribution in [0.5, 0.6) is 0 Å². The number of rotatable bonds is 6. The summed E-state index contributed by atoms with van der Waals surface area (Å²) in [6, 6.07) is 5.09. The van der Waals surface area contributed by atoms with Crippen molar-refractivity contribution in [2.75, 3.05) is 43.6 Å². The summed E-state index contributed by atoms with van der Waals surface area (Å²) < 4.78 is 15.4. The molecule has 0 aliphatic carbocycles. The van der Waals surface area contributed by atoms with Gasteiger partial charge in [0.25, 0.3) is 0 Å². The molecule has 1 amide bonds. The lowest BCUT2D eigenvalue weighted by Crippen LogP contribution is -2.44. The van der Waals surface area contributed by atoms with Crippen molar-refractivity contribution in [3.05, 3.63) is 52.1 Å². The maximum absolute atomic E-state index is 15.4. The van der Waals surface area contributed by atoms with Crippen LogP contribution in [0.4, 0.5) is 27.7 Å². The number of nitrogens with one attached hydrogen (secondary N) is 2.